The molecule has 4 heteroatoms. The van der Waals surface area contributed by atoms with Crippen LogP contribution in [0.2, 0.25) is 0 Å². The second-order valence-electron chi connectivity index (χ2n) is 5.33. The second kappa shape index (κ2) is 4.28. The molecule has 2 N–H and O–H groups in total. The number of benzene rings is 1. The molecule has 1 aliphatic rings. The van der Waals surface area contributed by atoms with Crippen molar-refractivity contribution in [2.75, 3.05) is 18.0 Å². The Bertz CT molecular complexity index is 561. The maximum absolute atomic E-state index is 5.97. The average molecular weight is 245 g/mol. The zero-order valence-corrected chi connectivity index (χ0v) is 10.9. The number of nitrogens with zero attached hydrogens (tertiary/aromatic N) is 2. The monoisotopic (exact) mass is 245 g/mol. The molecule has 2 heterocycles. The Labute approximate surface area is 107 Å². The van der Waals surface area contributed by atoms with Gasteiger partial charge in [-0.3, -0.25) is 0 Å². The summed E-state index contributed by atoms with van der Waals surface area (Å²) >= 11 is 0. The number of hydrogen-bond donors (Lipinski definition) is 1. The molecule has 0 bridgehead atoms. The van der Waals surface area contributed by atoms with Gasteiger partial charge in [0.2, 0.25) is 0 Å². The molecule has 0 saturated carbocycles. The maximum Gasteiger partial charge on any atom is 0.198 e. The van der Waals surface area contributed by atoms with Crippen molar-refractivity contribution in [3.63, 3.8) is 0 Å². The van der Waals surface area contributed by atoms with Gasteiger partial charge in [-0.05, 0) is 18.6 Å². The second-order valence-corrected chi connectivity index (χ2v) is 5.33. The largest absolute Gasteiger partial charge is 0.440 e. The van der Waals surface area contributed by atoms with Crippen LogP contribution in [-0.2, 0) is 0 Å². The van der Waals surface area contributed by atoms with Crippen molar-refractivity contribution in [1.82, 2.24) is 4.98 Å². The van der Waals surface area contributed by atoms with Crippen LogP contribution in [0.25, 0.3) is 11.1 Å². The number of aromatic nitrogens is 1. The number of anilines is 1. The highest BCUT2D eigenvalue weighted by atomic mass is 16.3. The molecular formula is C14H19N3O. The summed E-state index contributed by atoms with van der Waals surface area (Å²) in [5.41, 5.74) is 8.96. The summed E-state index contributed by atoms with van der Waals surface area (Å²) < 4.78 is 5.79. The van der Waals surface area contributed by atoms with Gasteiger partial charge in [0.25, 0.3) is 0 Å². The van der Waals surface area contributed by atoms with Crippen LogP contribution in [0.15, 0.2) is 22.6 Å². The lowest BCUT2D eigenvalue weighted by atomic mass is 10.2. The fourth-order valence-corrected chi connectivity index (χ4v) is 2.46. The summed E-state index contributed by atoms with van der Waals surface area (Å²) in [6.07, 6.45) is 1.05. The van der Waals surface area contributed by atoms with Gasteiger partial charge in [0, 0.05) is 25.0 Å². The first-order valence-corrected chi connectivity index (χ1v) is 6.55. The number of rotatable bonds is 2. The fraction of sp³-hybridized carbons (Fsp3) is 0.500. The van der Waals surface area contributed by atoms with Gasteiger partial charge in [-0.25, -0.2) is 4.98 Å². The summed E-state index contributed by atoms with van der Waals surface area (Å²) in [5.74, 6) is 1.12. The van der Waals surface area contributed by atoms with Crippen molar-refractivity contribution in [3.8, 4) is 0 Å². The van der Waals surface area contributed by atoms with Gasteiger partial charge in [0.05, 0.1) is 5.69 Å². The molecule has 1 aromatic heterocycles. The van der Waals surface area contributed by atoms with Gasteiger partial charge >= 0.3 is 0 Å². The van der Waals surface area contributed by atoms with Crippen LogP contribution in [-0.4, -0.2) is 24.1 Å². The Morgan fingerprint density at radius 2 is 2.28 bits per heavy atom. The lowest BCUT2D eigenvalue weighted by Crippen LogP contribution is -2.26. The van der Waals surface area contributed by atoms with Crippen molar-refractivity contribution in [2.45, 2.75) is 32.2 Å². The molecule has 1 fully saturated rings. The van der Waals surface area contributed by atoms with Crippen LogP contribution in [0.3, 0.4) is 0 Å². The van der Waals surface area contributed by atoms with E-state index in [2.05, 4.69) is 29.8 Å². The number of hydrogen-bond acceptors (Lipinski definition) is 4. The van der Waals surface area contributed by atoms with E-state index in [-0.39, 0.29) is 6.04 Å². The summed E-state index contributed by atoms with van der Waals surface area (Å²) in [6.45, 7) is 6.10. The van der Waals surface area contributed by atoms with Crippen LogP contribution in [0, 0.1) is 0 Å². The highest BCUT2D eigenvalue weighted by Gasteiger charge is 2.22. The minimum Gasteiger partial charge on any atom is -0.440 e. The topological polar surface area (TPSA) is 55.3 Å². The number of oxazole rings is 1. The normalized spacial score (nSPS) is 20.2. The first-order chi connectivity index (χ1) is 8.65. The van der Waals surface area contributed by atoms with E-state index in [9.17, 15) is 0 Å². The zero-order valence-electron chi connectivity index (χ0n) is 10.9. The molecule has 0 amide bonds. The van der Waals surface area contributed by atoms with Crippen LogP contribution in [0.4, 0.5) is 5.69 Å². The molecule has 0 radical (unpaired) electrons. The molecule has 1 saturated heterocycles. The first kappa shape index (κ1) is 11.5. The van der Waals surface area contributed by atoms with E-state index in [1.165, 1.54) is 0 Å². The molecule has 0 aliphatic carbocycles. The van der Waals surface area contributed by atoms with E-state index in [0.29, 0.717) is 5.92 Å². The van der Waals surface area contributed by atoms with Crippen LogP contribution in [0.5, 0.6) is 0 Å². The molecule has 0 spiro atoms. The third-order valence-corrected chi connectivity index (χ3v) is 3.47. The predicted octanol–water partition coefficient (Wildman–Crippen LogP) is 2.49. The van der Waals surface area contributed by atoms with E-state index >= 15 is 0 Å². The minimum atomic E-state index is 0.275. The van der Waals surface area contributed by atoms with E-state index < -0.39 is 0 Å². The van der Waals surface area contributed by atoms with Crippen LogP contribution < -0.4 is 10.6 Å². The molecule has 4 nitrogen and oxygen atoms in total. The highest BCUT2D eigenvalue weighted by molar-refractivity contribution is 5.87. The number of fused-ring (bicyclic) bond motifs is 1. The smallest absolute Gasteiger partial charge is 0.198 e. The molecule has 96 valence electrons. The van der Waals surface area contributed by atoms with Crippen molar-refractivity contribution >= 4 is 16.8 Å². The highest BCUT2D eigenvalue weighted by Crippen LogP contribution is 2.30. The van der Waals surface area contributed by atoms with Gasteiger partial charge in [-0.1, -0.05) is 19.9 Å². The molecule has 1 aliphatic heterocycles. The lowest BCUT2D eigenvalue weighted by molar-refractivity contribution is 0.501. The predicted molar refractivity (Wildman–Crippen MR) is 72.9 cm³/mol. The third-order valence-electron chi connectivity index (χ3n) is 3.47. The molecular weight excluding hydrogens is 226 g/mol. The number of nitrogens with two attached hydrogens (primary N) is 1. The molecule has 18 heavy (non-hydrogen) atoms. The Balaban J connectivity index is 2.06. The van der Waals surface area contributed by atoms with Crippen molar-refractivity contribution in [3.05, 3.63) is 24.1 Å². The van der Waals surface area contributed by atoms with E-state index in [1.54, 1.807) is 0 Å². The molecule has 1 unspecified atom stereocenters. The molecule has 1 atom stereocenters. The summed E-state index contributed by atoms with van der Waals surface area (Å²) in [6, 6.07) is 6.38. The third kappa shape index (κ3) is 1.86. The SMILES string of the molecule is CC(C)c1nc2c(N3CCC(N)C3)cccc2o1. The Morgan fingerprint density at radius 3 is 2.94 bits per heavy atom. The Kier molecular flexibility index (Phi) is 2.74. The first-order valence-electron chi connectivity index (χ1n) is 6.55. The van der Waals surface area contributed by atoms with Crippen molar-refractivity contribution < 1.29 is 4.42 Å². The van der Waals surface area contributed by atoms with Crippen molar-refractivity contribution in [2.24, 2.45) is 5.73 Å². The van der Waals surface area contributed by atoms with Crippen LogP contribution in [0.1, 0.15) is 32.1 Å². The van der Waals surface area contributed by atoms with Crippen LogP contribution >= 0.6 is 0 Å². The fourth-order valence-electron chi connectivity index (χ4n) is 2.46. The quantitative estimate of drug-likeness (QED) is 0.883. The van der Waals surface area contributed by atoms with Crippen molar-refractivity contribution in [1.29, 1.82) is 0 Å². The summed E-state index contributed by atoms with van der Waals surface area (Å²) in [4.78, 5) is 6.94. The van der Waals surface area contributed by atoms with Gasteiger partial charge in [0.1, 0.15) is 5.52 Å². The summed E-state index contributed by atoms with van der Waals surface area (Å²) in [5, 5.41) is 0. The minimum absolute atomic E-state index is 0.275. The standard InChI is InChI=1S/C14H19N3O/c1-9(2)14-16-13-11(4-3-5-12(13)18-14)17-7-6-10(15)8-17/h3-5,9-10H,6-8,15H2,1-2H3. The van der Waals surface area contributed by atoms with E-state index in [4.69, 9.17) is 10.2 Å². The molecule has 2 aromatic rings. The van der Waals surface area contributed by atoms with Gasteiger partial charge in [-0.2, -0.15) is 0 Å². The van der Waals surface area contributed by atoms with Gasteiger partial charge in [-0.15, -0.1) is 0 Å². The van der Waals surface area contributed by atoms with E-state index in [1.807, 2.05) is 12.1 Å². The Morgan fingerprint density at radius 1 is 1.44 bits per heavy atom. The van der Waals surface area contributed by atoms with E-state index in [0.717, 1.165) is 42.2 Å². The summed E-state index contributed by atoms with van der Waals surface area (Å²) in [7, 11) is 0. The lowest BCUT2D eigenvalue weighted by Gasteiger charge is -2.17. The average Bonchev–Trinajstić information content (AvgIpc) is 2.94. The Hall–Kier alpha value is -1.55. The molecule has 3 rings (SSSR count). The number of para-hydroxylation sites is 1. The maximum atomic E-state index is 5.97. The molecule has 1 aromatic carbocycles. The zero-order chi connectivity index (χ0) is 12.7. The van der Waals surface area contributed by atoms with Gasteiger partial charge < -0.3 is 15.1 Å². The van der Waals surface area contributed by atoms with Gasteiger partial charge in [0.15, 0.2) is 11.5 Å².